The Kier molecular flexibility index (Phi) is 4.50. The van der Waals surface area contributed by atoms with Gasteiger partial charge in [0.25, 0.3) is 5.91 Å². The van der Waals surface area contributed by atoms with Gasteiger partial charge in [-0.05, 0) is 24.3 Å². The fourth-order valence-electron chi connectivity index (χ4n) is 2.29. The molecule has 128 valence electrons. The molecule has 1 unspecified atom stereocenters. The molecule has 1 atom stereocenters. The summed E-state index contributed by atoms with van der Waals surface area (Å²) in [6, 6.07) is 12.1. The topological polar surface area (TPSA) is 72.5 Å². The summed E-state index contributed by atoms with van der Waals surface area (Å²) in [6.45, 7) is 1.74. The number of nitrogens with zero attached hydrogens (tertiary/aromatic N) is 2. The van der Waals surface area contributed by atoms with E-state index in [4.69, 9.17) is 4.42 Å². The summed E-state index contributed by atoms with van der Waals surface area (Å²) in [5, 5.41) is 0. The Morgan fingerprint density at radius 1 is 1.16 bits per heavy atom. The first-order valence-corrected chi connectivity index (χ1v) is 9.33. The Hall–Kier alpha value is -2.80. The van der Waals surface area contributed by atoms with Crippen LogP contribution in [0.4, 0.5) is 4.39 Å². The number of hydrogen-bond acceptors (Lipinski definition) is 4. The number of benzene rings is 2. The lowest BCUT2D eigenvalue weighted by molar-refractivity contribution is 0.100. The van der Waals surface area contributed by atoms with Gasteiger partial charge in [-0.15, -0.1) is 0 Å². The van der Waals surface area contributed by atoms with Gasteiger partial charge in [0.15, 0.2) is 5.89 Å². The third-order valence-electron chi connectivity index (χ3n) is 3.55. The monoisotopic (exact) mass is 358 g/mol. The third-order valence-corrected chi connectivity index (χ3v) is 5.21. The van der Waals surface area contributed by atoms with Crippen molar-refractivity contribution in [2.75, 3.05) is 6.26 Å². The Morgan fingerprint density at radius 3 is 2.44 bits per heavy atom. The second-order valence-electron chi connectivity index (χ2n) is 5.46. The van der Waals surface area contributed by atoms with Gasteiger partial charge in [0.05, 0.1) is 14.6 Å². The molecule has 0 radical (unpaired) electrons. The van der Waals surface area contributed by atoms with Gasteiger partial charge in [-0.3, -0.25) is 4.79 Å². The highest BCUT2D eigenvalue weighted by molar-refractivity contribution is 7.93. The first-order valence-electron chi connectivity index (χ1n) is 7.40. The Bertz CT molecular complexity index is 1050. The number of rotatable bonds is 3. The van der Waals surface area contributed by atoms with Crippen LogP contribution in [0.3, 0.4) is 0 Å². The van der Waals surface area contributed by atoms with Crippen LogP contribution in [0.1, 0.15) is 16.2 Å². The number of carbonyl (C=O) groups is 1. The van der Waals surface area contributed by atoms with Gasteiger partial charge >= 0.3 is 0 Å². The third kappa shape index (κ3) is 3.66. The predicted molar refractivity (Wildman–Crippen MR) is 92.2 cm³/mol. The number of halogens is 1. The van der Waals surface area contributed by atoms with E-state index in [1.807, 2.05) is 0 Å². The summed E-state index contributed by atoms with van der Waals surface area (Å²) in [5.74, 6) is -0.775. The van der Waals surface area contributed by atoms with Crippen LogP contribution in [0, 0.1) is 12.7 Å². The van der Waals surface area contributed by atoms with Gasteiger partial charge < -0.3 is 4.42 Å². The zero-order valence-electron chi connectivity index (χ0n) is 13.6. The molecule has 0 saturated carbocycles. The largest absolute Gasteiger partial charge is 0.449 e. The van der Waals surface area contributed by atoms with Crippen molar-refractivity contribution in [3.05, 3.63) is 72.1 Å². The lowest BCUT2D eigenvalue weighted by Crippen LogP contribution is -2.05. The predicted octanol–water partition coefficient (Wildman–Crippen LogP) is 4.09. The van der Waals surface area contributed by atoms with Crippen molar-refractivity contribution < 1.29 is 17.8 Å². The summed E-state index contributed by atoms with van der Waals surface area (Å²) < 4.78 is 35.3. The average molecular weight is 358 g/mol. The number of hydrogen-bond donors (Lipinski definition) is 0. The molecule has 0 saturated heterocycles. The molecule has 5 nitrogen and oxygen atoms in total. The van der Waals surface area contributed by atoms with E-state index in [0.29, 0.717) is 11.6 Å². The maximum Gasteiger partial charge on any atom is 0.285 e. The van der Waals surface area contributed by atoms with Crippen molar-refractivity contribution >= 4 is 15.6 Å². The number of amides is 1. The standard InChI is InChI=1S/C18H15FN2O3S/c1-12-20-16(11-24-12)13-7-9-14(10-8-13)18(22)21-25(2,23)17-6-4-3-5-15(17)19/h3-11H,1-2H3. The van der Waals surface area contributed by atoms with Gasteiger partial charge in [-0.25, -0.2) is 13.6 Å². The van der Waals surface area contributed by atoms with E-state index in [1.165, 1.54) is 30.7 Å². The van der Waals surface area contributed by atoms with Crippen LogP contribution in [0.2, 0.25) is 0 Å². The number of carbonyl (C=O) groups excluding carboxylic acids is 1. The van der Waals surface area contributed by atoms with Crippen molar-refractivity contribution in [3.63, 3.8) is 0 Å². The van der Waals surface area contributed by atoms with Crippen LogP contribution in [-0.2, 0) is 9.73 Å². The molecule has 0 N–H and O–H groups in total. The van der Waals surface area contributed by atoms with Crippen LogP contribution < -0.4 is 0 Å². The van der Waals surface area contributed by atoms with Crippen LogP contribution in [0.25, 0.3) is 11.3 Å². The highest BCUT2D eigenvalue weighted by atomic mass is 32.2. The second kappa shape index (κ2) is 6.60. The Labute approximate surface area is 144 Å². The van der Waals surface area contributed by atoms with E-state index >= 15 is 0 Å². The molecule has 0 spiro atoms. The summed E-state index contributed by atoms with van der Waals surface area (Å²) in [4.78, 5) is 16.4. The van der Waals surface area contributed by atoms with E-state index in [1.54, 1.807) is 37.3 Å². The zero-order valence-corrected chi connectivity index (χ0v) is 14.4. The van der Waals surface area contributed by atoms with E-state index in [0.717, 1.165) is 5.56 Å². The number of aryl methyl sites for hydroxylation is 1. The van der Waals surface area contributed by atoms with E-state index in [9.17, 15) is 13.4 Å². The molecule has 0 fully saturated rings. The minimum absolute atomic E-state index is 0.0851. The number of oxazole rings is 1. The molecule has 0 aliphatic rings. The minimum atomic E-state index is -3.17. The van der Waals surface area contributed by atoms with Gasteiger partial charge in [0.2, 0.25) is 0 Å². The molecule has 1 heterocycles. The highest BCUT2D eigenvalue weighted by Crippen LogP contribution is 2.20. The fourth-order valence-corrected chi connectivity index (χ4v) is 3.57. The molecule has 1 amide bonds. The average Bonchev–Trinajstić information content (AvgIpc) is 3.01. The van der Waals surface area contributed by atoms with Crippen molar-refractivity contribution in [1.82, 2.24) is 4.98 Å². The lowest BCUT2D eigenvalue weighted by Gasteiger charge is -2.05. The zero-order chi connectivity index (χ0) is 18.0. The lowest BCUT2D eigenvalue weighted by atomic mass is 10.1. The quantitative estimate of drug-likeness (QED) is 0.707. The minimum Gasteiger partial charge on any atom is -0.449 e. The molecule has 3 aromatic rings. The first-order chi connectivity index (χ1) is 11.9. The van der Waals surface area contributed by atoms with Gasteiger partial charge in [-0.2, -0.15) is 4.36 Å². The van der Waals surface area contributed by atoms with Crippen molar-refractivity contribution in [2.24, 2.45) is 4.36 Å². The molecule has 0 aliphatic carbocycles. The highest BCUT2D eigenvalue weighted by Gasteiger charge is 2.15. The van der Waals surface area contributed by atoms with Crippen LogP contribution >= 0.6 is 0 Å². The summed E-state index contributed by atoms with van der Waals surface area (Å²) in [7, 11) is -3.17. The second-order valence-corrected chi connectivity index (χ2v) is 7.69. The molecule has 3 rings (SSSR count). The Morgan fingerprint density at radius 2 is 1.84 bits per heavy atom. The molecule has 25 heavy (non-hydrogen) atoms. The first kappa shape index (κ1) is 17.0. The molecular formula is C18H15FN2O3S. The van der Waals surface area contributed by atoms with Crippen LogP contribution in [-0.4, -0.2) is 21.4 Å². The molecule has 0 aliphatic heterocycles. The Balaban J connectivity index is 1.91. The normalized spacial score (nSPS) is 13.2. The van der Waals surface area contributed by atoms with Gasteiger partial charge in [0.1, 0.15) is 17.8 Å². The SMILES string of the molecule is Cc1nc(-c2ccc(C(=O)N=S(C)(=O)c3ccccc3F)cc2)co1. The molecular weight excluding hydrogens is 343 g/mol. The van der Waals surface area contributed by atoms with E-state index in [-0.39, 0.29) is 10.5 Å². The molecule has 1 aromatic heterocycles. The van der Waals surface area contributed by atoms with Crippen LogP contribution in [0.15, 0.2) is 68.5 Å². The summed E-state index contributed by atoms with van der Waals surface area (Å²) in [6.07, 6.45) is 2.77. The summed E-state index contributed by atoms with van der Waals surface area (Å²) >= 11 is 0. The number of aromatic nitrogens is 1. The molecule has 0 bridgehead atoms. The van der Waals surface area contributed by atoms with Crippen molar-refractivity contribution in [1.29, 1.82) is 0 Å². The summed E-state index contributed by atoms with van der Waals surface area (Å²) in [5.41, 5.74) is 1.69. The maximum atomic E-state index is 13.8. The van der Waals surface area contributed by atoms with Gasteiger partial charge in [-0.1, -0.05) is 24.3 Å². The molecule has 2 aromatic carbocycles. The maximum absolute atomic E-state index is 13.8. The van der Waals surface area contributed by atoms with Crippen LogP contribution in [0.5, 0.6) is 0 Å². The fraction of sp³-hybridized carbons (Fsp3) is 0.111. The van der Waals surface area contributed by atoms with Crippen molar-refractivity contribution in [2.45, 2.75) is 11.8 Å². The molecule has 7 heteroatoms. The van der Waals surface area contributed by atoms with E-state index in [2.05, 4.69) is 9.35 Å². The van der Waals surface area contributed by atoms with Gasteiger partial charge in [0, 0.05) is 24.3 Å². The smallest absolute Gasteiger partial charge is 0.285 e. The van der Waals surface area contributed by atoms with Crippen molar-refractivity contribution in [3.8, 4) is 11.3 Å². The van der Waals surface area contributed by atoms with E-state index < -0.39 is 21.5 Å².